The monoisotopic (exact) mass is 416 g/mol. The highest BCUT2D eigenvalue weighted by Gasteiger charge is 2.24. The Kier molecular flexibility index (Phi) is 5.62. The number of hydrazone groups is 1. The fourth-order valence-corrected chi connectivity index (χ4v) is 3.64. The summed E-state index contributed by atoms with van der Waals surface area (Å²) in [4.78, 5) is 12.5. The molecule has 3 aromatic carbocycles. The Morgan fingerprint density at radius 1 is 0.774 bits per heavy atom. The van der Waals surface area contributed by atoms with Gasteiger partial charge in [0.2, 0.25) is 5.91 Å². The number of benzene rings is 3. The van der Waals surface area contributed by atoms with E-state index in [0.29, 0.717) is 17.2 Å². The van der Waals surface area contributed by atoms with E-state index in [0.717, 1.165) is 33.6 Å². The van der Waals surface area contributed by atoms with Gasteiger partial charge in [0.1, 0.15) is 5.75 Å². The van der Waals surface area contributed by atoms with Gasteiger partial charge >= 0.3 is 0 Å². The van der Waals surface area contributed by atoms with Crippen LogP contribution < -0.4 is 14.2 Å². The number of ether oxygens (including phenoxy) is 3. The Bertz CT molecular complexity index is 1140. The average Bonchev–Trinajstić information content (AvgIpc) is 2.94. The Morgan fingerprint density at radius 3 is 1.90 bits per heavy atom. The molecule has 31 heavy (non-hydrogen) atoms. The second kappa shape index (κ2) is 8.52. The summed E-state index contributed by atoms with van der Waals surface area (Å²) in [5, 5.41) is 6.01. The number of hydrogen-bond acceptors (Lipinski definition) is 5. The summed E-state index contributed by atoms with van der Waals surface area (Å²) < 4.78 is 16.2. The van der Waals surface area contributed by atoms with Gasteiger partial charge < -0.3 is 14.2 Å². The molecule has 0 radical (unpaired) electrons. The SMILES string of the molecule is COc1ccc(-c2ccc(C3=NN(C)C(=O)Cc4cc(OC)c(OC)cc43)cc2)cc1. The number of carbonyl (C=O) groups excluding carboxylic acids is 1. The minimum absolute atomic E-state index is 0.0849. The summed E-state index contributed by atoms with van der Waals surface area (Å²) >= 11 is 0. The van der Waals surface area contributed by atoms with Crippen LogP contribution in [0.3, 0.4) is 0 Å². The molecule has 3 aromatic rings. The molecule has 4 rings (SSSR count). The molecule has 1 aliphatic rings. The summed E-state index contributed by atoms with van der Waals surface area (Å²) in [6.07, 6.45) is 0.239. The van der Waals surface area contributed by atoms with E-state index >= 15 is 0 Å². The van der Waals surface area contributed by atoms with E-state index in [1.54, 1.807) is 28.4 Å². The number of rotatable bonds is 5. The number of fused-ring (bicyclic) bond motifs is 1. The van der Waals surface area contributed by atoms with Crippen LogP contribution in [0.1, 0.15) is 16.7 Å². The number of nitrogens with zero attached hydrogens (tertiary/aromatic N) is 2. The molecule has 0 unspecified atom stereocenters. The van der Waals surface area contributed by atoms with Gasteiger partial charge in [0.05, 0.1) is 33.5 Å². The first-order chi connectivity index (χ1) is 15.0. The molecule has 0 bridgehead atoms. The number of amides is 1. The molecule has 1 amide bonds. The topological polar surface area (TPSA) is 60.4 Å². The zero-order chi connectivity index (χ0) is 22.0. The number of carbonyl (C=O) groups is 1. The van der Waals surface area contributed by atoms with E-state index in [1.165, 1.54) is 5.01 Å². The normalized spacial score (nSPS) is 13.2. The van der Waals surface area contributed by atoms with E-state index in [4.69, 9.17) is 14.2 Å². The van der Waals surface area contributed by atoms with E-state index in [2.05, 4.69) is 5.10 Å². The highest BCUT2D eigenvalue weighted by atomic mass is 16.5. The summed E-state index contributed by atoms with van der Waals surface area (Å²) in [7, 11) is 6.51. The summed E-state index contributed by atoms with van der Waals surface area (Å²) in [6.45, 7) is 0. The maximum Gasteiger partial charge on any atom is 0.246 e. The van der Waals surface area contributed by atoms with Crippen molar-refractivity contribution in [2.45, 2.75) is 6.42 Å². The summed E-state index contributed by atoms with van der Waals surface area (Å²) in [5.74, 6) is 1.92. The Morgan fingerprint density at radius 2 is 1.32 bits per heavy atom. The first kappa shape index (κ1) is 20.5. The Hall–Kier alpha value is -3.80. The van der Waals surface area contributed by atoms with Gasteiger partial charge in [-0.3, -0.25) is 4.79 Å². The molecule has 0 N–H and O–H groups in total. The van der Waals surface area contributed by atoms with Crippen molar-refractivity contribution < 1.29 is 19.0 Å². The maximum absolute atomic E-state index is 12.5. The molecule has 0 saturated heterocycles. The molecule has 158 valence electrons. The van der Waals surface area contributed by atoms with Crippen LogP contribution >= 0.6 is 0 Å². The van der Waals surface area contributed by atoms with E-state index < -0.39 is 0 Å². The fourth-order valence-electron chi connectivity index (χ4n) is 3.64. The molecule has 6 nitrogen and oxygen atoms in total. The molecular formula is C25H24N2O4. The fraction of sp³-hybridized carbons (Fsp3) is 0.200. The minimum atomic E-state index is -0.0849. The van der Waals surface area contributed by atoms with Crippen molar-refractivity contribution in [1.82, 2.24) is 5.01 Å². The molecule has 1 heterocycles. The molecule has 6 heteroatoms. The van der Waals surface area contributed by atoms with Crippen molar-refractivity contribution in [2.75, 3.05) is 28.4 Å². The maximum atomic E-state index is 12.5. The number of likely N-dealkylation sites (N-methyl/N-ethyl adjacent to an activating group) is 1. The molecule has 0 atom stereocenters. The lowest BCUT2D eigenvalue weighted by atomic mass is 9.94. The first-order valence-corrected chi connectivity index (χ1v) is 9.89. The second-order valence-electron chi connectivity index (χ2n) is 7.21. The molecule has 0 spiro atoms. The van der Waals surface area contributed by atoms with Gasteiger partial charge in [-0.05, 0) is 41.0 Å². The van der Waals surface area contributed by atoms with Crippen molar-refractivity contribution >= 4 is 11.6 Å². The number of hydrogen-bond donors (Lipinski definition) is 0. The predicted molar refractivity (Wildman–Crippen MR) is 120 cm³/mol. The molecular weight excluding hydrogens is 392 g/mol. The lowest BCUT2D eigenvalue weighted by Crippen LogP contribution is -2.22. The minimum Gasteiger partial charge on any atom is -0.497 e. The second-order valence-corrected chi connectivity index (χ2v) is 7.21. The predicted octanol–water partition coefficient (Wildman–Crippen LogP) is 4.15. The van der Waals surface area contributed by atoms with Gasteiger partial charge in [-0.25, -0.2) is 5.01 Å². The highest BCUT2D eigenvalue weighted by molar-refractivity contribution is 6.15. The standard InChI is InChI=1S/C25H24N2O4/c1-27-24(28)14-19-13-22(30-3)23(31-4)15-21(19)25(26-27)18-7-5-16(6-8-18)17-9-11-20(29-2)12-10-17/h5-13,15H,14H2,1-4H3. The Labute approximate surface area is 181 Å². The zero-order valence-corrected chi connectivity index (χ0v) is 18.0. The zero-order valence-electron chi connectivity index (χ0n) is 18.0. The van der Waals surface area contributed by atoms with E-state index in [1.807, 2.05) is 60.7 Å². The number of methoxy groups -OCH3 is 3. The third kappa shape index (κ3) is 3.97. The average molecular weight is 416 g/mol. The van der Waals surface area contributed by atoms with Crippen LogP contribution in [-0.2, 0) is 11.2 Å². The third-order valence-corrected chi connectivity index (χ3v) is 5.40. The molecule has 0 fully saturated rings. The van der Waals surface area contributed by atoms with Crippen LogP contribution in [0, 0.1) is 0 Å². The van der Waals surface area contributed by atoms with E-state index in [9.17, 15) is 4.79 Å². The Balaban J connectivity index is 1.77. The van der Waals surface area contributed by atoms with Gasteiger partial charge in [0.15, 0.2) is 11.5 Å². The quantitative estimate of drug-likeness (QED) is 0.627. The van der Waals surface area contributed by atoms with Crippen molar-refractivity contribution in [1.29, 1.82) is 0 Å². The third-order valence-electron chi connectivity index (χ3n) is 5.40. The van der Waals surface area contributed by atoms with Crippen LogP contribution in [-0.4, -0.2) is 45.0 Å². The lowest BCUT2D eigenvalue weighted by molar-refractivity contribution is -0.129. The van der Waals surface area contributed by atoms with Gasteiger partial charge in [-0.2, -0.15) is 5.10 Å². The smallest absolute Gasteiger partial charge is 0.246 e. The molecule has 0 aliphatic carbocycles. The van der Waals surface area contributed by atoms with Gasteiger partial charge in [-0.1, -0.05) is 36.4 Å². The van der Waals surface area contributed by atoms with Crippen molar-refractivity contribution in [3.8, 4) is 28.4 Å². The molecule has 1 aliphatic heterocycles. The van der Waals surface area contributed by atoms with Crippen LogP contribution in [0.15, 0.2) is 65.8 Å². The van der Waals surface area contributed by atoms with E-state index in [-0.39, 0.29) is 12.3 Å². The largest absolute Gasteiger partial charge is 0.497 e. The van der Waals surface area contributed by atoms with Gasteiger partial charge in [-0.15, -0.1) is 0 Å². The molecule has 0 saturated carbocycles. The van der Waals surface area contributed by atoms with Crippen LogP contribution in [0.5, 0.6) is 17.2 Å². The van der Waals surface area contributed by atoms with Crippen LogP contribution in [0.2, 0.25) is 0 Å². The highest BCUT2D eigenvalue weighted by Crippen LogP contribution is 2.34. The van der Waals surface area contributed by atoms with Gasteiger partial charge in [0.25, 0.3) is 0 Å². The van der Waals surface area contributed by atoms with Crippen LogP contribution in [0.25, 0.3) is 11.1 Å². The summed E-state index contributed by atoms with van der Waals surface area (Å²) in [5.41, 5.74) is 5.50. The lowest BCUT2D eigenvalue weighted by Gasteiger charge is -2.14. The van der Waals surface area contributed by atoms with Crippen molar-refractivity contribution in [3.05, 3.63) is 77.4 Å². The van der Waals surface area contributed by atoms with Gasteiger partial charge in [0, 0.05) is 18.2 Å². The van der Waals surface area contributed by atoms with Crippen LogP contribution in [0.4, 0.5) is 0 Å². The first-order valence-electron chi connectivity index (χ1n) is 9.89. The van der Waals surface area contributed by atoms with Crippen molar-refractivity contribution in [3.63, 3.8) is 0 Å². The summed E-state index contributed by atoms with van der Waals surface area (Å²) in [6, 6.07) is 19.8. The molecule has 0 aromatic heterocycles. The van der Waals surface area contributed by atoms with Crippen molar-refractivity contribution in [2.24, 2.45) is 5.10 Å².